The molecule has 2 aromatic rings. The summed E-state index contributed by atoms with van der Waals surface area (Å²) in [6, 6.07) is 12.1. The van der Waals surface area contributed by atoms with Crippen molar-refractivity contribution in [2.45, 2.75) is 13.8 Å². The summed E-state index contributed by atoms with van der Waals surface area (Å²) in [5.41, 5.74) is 11.2. The third-order valence-electron chi connectivity index (χ3n) is 3.33. The molecule has 19 heavy (non-hydrogen) atoms. The van der Waals surface area contributed by atoms with Crippen molar-refractivity contribution in [3.63, 3.8) is 0 Å². The summed E-state index contributed by atoms with van der Waals surface area (Å²) in [7, 11) is 3.72. The van der Waals surface area contributed by atoms with Gasteiger partial charge in [0.2, 0.25) is 0 Å². The molecule has 0 saturated carbocycles. The van der Waals surface area contributed by atoms with E-state index in [-0.39, 0.29) is 0 Å². The summed E-state index contributed by atoms with van der Waals surface area (Å²) in [5, 5.41) is 0. The number of aryl methyl sites for hydroxylation is 2. The van der Waals surface area contributed by atoms with E-state index in [0.717, 1.165) is 33.9 Å². The average molecular weight is 256 g/mol. The monoisotopic (exact) mass is 256 g/mol. The minimum absolute atomic E-state index is 0.774. The van der Waals surface area contributed by atoms with Crippen LogP contribution >= 0.6 is 0 Å². The lowest BCUT2D eigenvalue weighted by Crippen LogP contribution is -2.12. The van der Waals surface area contributed by atoms with Crippen molar-refractivity contribution in [2.75, 3.05) is 24.8 Å². The highest BCUT2D eigenvalue weighted by molar-refractivity contribution is 5.75. The molecular weight excluding hydrogens is 236 g/mol. The number of nitrogens with zero attached hydrogens (tertiary/aromatic N) is 1. The van der Waals surface area contributed by atoms with Gasteiger partial charge in [-0.2, -0.15) is 0 Å². The van der Waals surface area contributed by atoms with Crippen molar-refractivity contribution >= 4 is 17.1 Å². The van der Waals surface area contributed by atoms with Gasteiger partial charge in [-0.25, -0.2) is 0 Å². The summed E-state index contributed by atoms with van der Waals surface area (Å²) in [5.74, 6) is 0.943. The molecule has 0 aliphatic heterocycles. The molecule has 2 N–H and O–H groups in total. The number of nitrogens with two attached hydrogens (primary N) is 1. The van der Waals surface area contributed by atoms with Crippen LogP contribution in [-0.4, -0.2) is 14.2 Å². The van der Waals surface area contributed by atoms with Crippen LogP contribution in [0.2, 0.25) is 0 Å². The van der Waals surface area contributed by atoms with E-state index in [1.165, 1.54) is 0 Å². The van der Waals surface area contributed by atoms with Gasteiger partial charge in [0.1, 0.15) is 5.75 Å². The molecule has 0 aliphatic carbocycles. The van der Waals surface area contributed by atoms with Crippen molar-refractivity contribution in [1.82, 2.24) is 0 Å². The van der Waals surface area contributed by atoms with E-state index in [1.54, 1.807) is 7.11 Å². The molecule has 3 nitrogen and oxygen atoms in total. The summed E-state index contributed by atoms with van der Waals surface area (Å²) in [4.78, 5) is 2.09. The van der Waals surface area contributed by atoms with Crippen LogP contribution in [-0.2, 0) is 0 Å². The summed E-state index contributed by atoms with van der Waals surface area (Å²) in [6.45, 7) is 4.11. The molecule has 2 rings (SSSR count). The Bertz CT molecular complexity index is 570. The first kappa shape index (κ1) is 13.3. The summed E-state index contributed by atoms with van der Waals surface area (Å²) in [6.07, 6.45) is 0. The van der Waals surface area contributed by atoms with E-state index in [1.807, 2.05) is 31.3 Å². The van der Waals surface area contributed by atoms with E-state index in [0.29, 0.717) is 0 Å². The number of methoxy groups -OCH3 is 1. The summed E-state index contributed by atoms with van der Waals surface area (Å²) >= 11 is 0. The minimum Gasteiger partial charge on any atom is -0.496 e. The number of para-hydroxylation sites is 2. The third-order valence-corrected chi connectivity index (χ3v) is 3.33. The normalized spacial score (nSPS) is 10.3. The molecule has 0 radical (unpaired) electrons. The first-order chi connectivity index (χ1) is 9.04. The molecule has 0 atom stereocenters. The summed E-state index contributed by atoms with van der Waals surface area (Å²) < 4.78 is 5.40. The highest BCUT2D eigenvalue weighted by atomic mass is 16.5. The fourth-order valence-electron chi connectivity index (χ4n) is 2.38. The maximum absolute atomic E-state index is 6.02. The highest BCUT2D eigenvalue weighted by Crippen LogP contribution is 2.33. The van der Waals surface area contributed by atoms with Crippen molar-refractivity contribution < 1.29 is 4.74 Å². The Hall–Kier alpha value is -2.16. The van der Waals surface area contributed by atoms with Gasteiger partial charge >= 0.3 is 0 Å². The molecule has 0 aliphatic rings. The van der Waals surface area contributed by atoms with Gasteiger partial charge in [0.15, 0.2) is 0 Å². The molecular formula is C16H20N2O. The van der Waals surface area contributed by atoms with Gasteiger partial charge in [-0.15, -0.1) is 0 Å². The molecule has 0 heterocycles. The Morgan fingerprint density at radius 2 is 1.63 bits per heavy atom. The number of nitrogen functional groups attached to an aromatic ring is 1. The second kappa shape index (κ2) is 5.22. The molecule has 0 unspecified atom stereocenters. The predicted octanol–water partition coefficient (Wildman–Crippen LogP) is 3.66. The van der Waals surface area contributed by atoms with Crippen LogP contribution in [0.5, 0.6) is 5.75 Å². The fraction of sp³-hybridized carbons (Fsp3) is 0.250. The molecule has 3 heteroatoms. The largest absolute Gasteiger partial charge is 0.496 e. The van der Waals surface area contributed by atoms with Crippen molar-refractivity contribution in [3.05, 3.63) is 47.5 Å². The Morgan fingerprint density at radius 1 is 1.05 bits per heavy atom. The van der Waals surface area contributed by atoms with E-state index in [9.17, 15) is 0 Å². The zero-order chi connectivity index (χ0) is 14.0. The number of ether oxygens (including phenoxy) is 1. The lowest BCUT2D eigenvalue weighted by Gasteiger charge is -2.23. The molecule has 0 aromatic heterocycles. The second-order valence-corrected chi connectivity index (χ2v) is 4.73. The highest BCUT2D eigenvalue weighted by Gasteiger charge is 2.11. The van der Waals surface area contributed by atoms with Gasteiger partial charge in [0.25, 0.3) is 0 Å². The second-order valence-electron chi connectivity index (χ2n) is 4.73. The van der Waals surface area contributed by atoms with E-state index < -0.39 is 0 Å². The van der Waals surface area contributed by atoms with Crippen LogP contribution in [0.1, 0.15) is 11.1 Å². The first-order valence-electron chi connectivity index (χ1n) is 6.28. The van der Waals surface area contributed by atoms with Crippen LogP contribution in [0.25, 0.3) is 0 Å². The van der Waals surface area contributed by atoms with E-state index in [4.69, 9.17) is 10.5 Å². The quantitative estimate of drug-likeness (QED) is 0.852. The maximum Gasteiger partial charge on any atom is 0.124 e. The van der Waals surface area contributed by atoms with Crippen LogP contribution in [0.4, 0.5) is 17.1 Å². The van der Waals surface area contributed by atoms with E-state index >= 15 is 0 Å². The average Bonchev–Trinajstić information content (AvgIpc) is 2.38. The first-order valence-corrected chi connectivity index (χ1v) is 6.28. The molecule has 2 aromatic carbocycles. The molecule has 0 fully saturated rings. The Morgan fingerprint density at radius 3 is 2.16 bits per heavy atom. The van der Waals surface area contributed by atoms with Crippen LogP contribution in [0, 0.1) is 13.8 Å². The minimum atomic E-state index is 0.774. The third kappa shape index (κ3) is 2.50. The standard InChI is InChI=1S/C16H20N2O/c1-11-9-13(10-12(2)16(11)19-4)18(3)15-8-6-5-7-14(15)17/h5-10H,17H2,1-4H3. The number of hydrogen-bond donors (Lipinski definition) is 1. The molecule has 0 bridgehead atoms. The van der Waals surface area contributed by atoms with Crippen molar-refractivity contribution in [1.29, 1.82) is 0 Å². The number of anilines is 3. The zero-order valence-electron chi connectivity index (χ0n) is 11.9. The molecule has 0 spiro atoms. The van der Waals surface area contributed by atoms with Gasteiger partial charge in [-0.3, -0.25) is 0 Å². The van der Waals surface area contributed by atoms with Crippen LogP contribution < -0.4 is 15.4 Å². The lowest BCUT2D eigenvalue weighted by molar-refractivity contribution is 0.408. The number of benzene rings is 2. The van der Waals surface area contributed by atoms with Crippen LogP contribution in [0.15, 0.2) is 36.4 Å². The topological polar surface area (TPSA) is 38.5 Å². The van der Waals surface area contributed by atoms with Gasteiger partial charge in [-0.1, -0.05) is 12.1 Å². The van der Waals surface area contributed by atoms with Crippen LogP contribution in [0.3, 0.4) is 0 Å². The molecule has 0 saturated heterocycles. The predicted molar refractivity (Wildman–Crippen MR) is 81.4 cm³/mol. The van der Waals surface area contributed by atoms with Gasteiger partial charge < -0.3 is 15.4 Å². The fourth-order valence-corrected chi connectivity index (χ4v) is 2.38. The SMILES string of the molecule is COc1c(C)cc(N(C)c2ccccc2N)cc1C. The number of rotatable bonds is 3. The Kier molecular flexibility index (Phi) is 3.65. The van der Waals surface area contributed by atoms with Gasteiger partial charge in [0.05, 0.1) is 18.5 Å². The number of hydrogen-bond acceptors (Lipinski definition) is 3. The van der Waals surface area contributed by atoms with Gasteiger partial charge in [0, 0.05) is 12.7 Å². The Balaban J connectivity index is 2.45. The van der Waals surface area contributed by atoms with Gasteiger partial charge in [-0.05, 0) is 49.2 Å². The molecule has 100 valence electrons. The van der Waals surface area contributed by atoms with E-state index in [2.05, 4.69) is 30.9 Å². The Labute approximate surface area is 114 Å². The lowest BCUT2D eigenvalue weighted by atomic mass is 10.1. The zero-order valence-corrected chi connectivity index (χ0v) is 11.9. The van der Waals surface area contributed by atoms with Crippen molar-refractivity contribution in [2.24, 2.45) is 0 Å². The molecule has 0 amide bonds. The van der Waals surface area contributed by atoms with Crippen molar-refractivity contribution in [3.8, 4) is 5.75 Å². The smallest absolute Gasteiger partial charge is 0.124 e. The maximum atomic E-state index is 6.02.